The number of rotatable bonds is 5. The second-order valence-corrected chi connectivity index (χ2v) is 7.65. The molecular weight excluding hydrogens is 361 g/mol. The Balaban J connectivity index is 1.66. The Kier molecular flexibility index (Phi) is 4.43. The molecule has 5 nitrogen and oxygen atoms in total. The van der Waals surface area contributed by atoms with Gasteiger partial charge in [-0.3, -0.25) is 4.74 Å². The number of hydrogen-bond acceptors (Lipinski definition) is 3. The van der Waals surface area contributed by atoms with Crippen molar-refractivity contribution in [2.45, 2.75) is 38.8 Å². The first kappa shape index (κ1) is 18.3. The van der Waals surface area contributed by atoms with Crippen LogP contribution in [-0.2, 0) is 17.9 Å². The summed E-state index contributed by atoms with van der Waals surface area (Å²) in [6.45, 7) is 3.32. The van der Waals surface area contributed by atoms with Crippen LogP contribution >= 0.6 is 0 Å². The quantitative estimate of drug-likeness (QED) is 0.853. The van der Waals surface area contributed by atoms with E-state index in [9.17, 15) is 23.1 Å². The number of nitrogens with zero attached hydrogens (tertiary/aromatic N) is 2. The average molecular weight is 382 g/mol. The van der Waals surface area contributed by atoms with Gasteiger partial charge >= 0.3 is 12.3 Å². The Labute approximate surface area is 154 Å². The Morgan fingerprint density at radius 3 is 2.44 bits per heavy atom. The molecule has 0 aliphatic carbocycles. The number of hydrogen-bond donors (Lipinski definition) is 1. The van der Waals surface area contributed by atoms with E-state index in [2.05, 4.69) is 9.64 Å². The van der Waals surface area contributed by atoms with Crippen molar-refractivity contribution in [3.8, 4) is 0 Å². The van der Waals surface area contributed by atoms with Crippen molar-refractivity contribution in [3.63, 3.8) is 0 Å². The number of carbonyl (C=O) groups is 1. The maximum atomic E-state index is 12.3. The van der Waals surface area contributed by atoms with E-state index in [1.165, 1.54) is 6.07 Å². The van der Waals surface area contributed by atoms with Crippen LogP contribution < -0.4 is 0 Å². The molecule has 3 aliphatic rings. The molecule has 1 aromatic carbocycles. The number of halogens is 3. The van der Waals surface area contributed by atoms with Gasteiger partial charge in [-0.25, -0.2) is 4.79 Å². The van der Waals surface area contributed by atoms with E-state index in [4.69, 9.17) is 0 Å². The zero-order valence-electron chi connectivity index (χ0n) is 14.8. The number of carboxylic acid groups (broad SMARTS) is 1. The second kappa shape index (κ2) is 6.53. The molecule has 0 amide bonds. The fraction of sp³-hybridized carbons (Fsp3) is 0.526. The summed E-state index contributed by atoms with van der Waals surface area (Å²) in [6, 6.07) is 4.75. The number of aromatic nitrogens is 1. The van der Waals surface area contributed by atoms with Crippen LogP contribution in [0.4, 0.5) is 13.2 Å². The first-order valence-corrected chi connectivity index (χ1v) is 9.03. The smallest absolute Gasteiger partial charge is 0.478 e. The van der Waals surface area contributed by atoms with Crippen molar-refractivity contribution in [3.05, 3.63) is 35.5 Å². The van der Waals surface area contributed by atoms with Gasteiger partial charge in [-0.15, -0.1) is 13.2 Å². The van der Waals surface area contributed by atoms with E-state index in [0.29, 0.717) is 10.9 Å². The molecular formula is C19H21F3N2O3. The van der Waals surface area contributed by atoms with Crippen LogP contribution in [0.15, 0.2) is 24.4 Å². The molecule has 1 N–H and O–H groups in total. The molecule has 5 rings (SSSR count). The molecule has 2 bridgehead atoms. The number of ether oxygens (including phenoxy) is 1. The number of benzene rings is 1. The molecule has 8 heteroatoms. The highest BCUT2D eigenvalue weighted by molar-refractivity contribution is 6.03. The van der Waals surface area contributed by atoms with Crippen LogP contribution in [0.2, 0.25) is 0 Å². The maximum absolute atomic E-state index is 12.3. The summed E-state index contributed by atoms with van der Waals surface area (Å²) in [4.78, 5) is 14.1. The summed E-state index contributed by atoms with van der Waals surface area (Å²) < 4.78 is 42.7. The average Bonchev–Trinajstić information content (AvgIpc) is 2.98. The Morgan fingerprint density at radius 1 is 1.19 bits per heavy atom. The third kappa shape index (κ3) is 3.68. The Bertz CT molecular complexity index is 853. The van der Waals surface area contributed by atoms with E-state index in [1.54, 1.807) is 18.3 Å². The predicted molar refractivity (Wildman–Crippen MR) is 92.5 cm³/mol. The first-order valence-electron chi connectivity index (χ1n) is 9.03. The zero-order chi connectivity index (χ0) is 19.2. The van der Waals surface area contributed by atoms with Crippen LogP contribution in [-0.4, -0.2) is 46.5 Å². The second-order valence-electron chi connectivity index (χ2n) is 7.65. The molecule has 4 heterocycles. The summed E-state index contributed by atoms with van der Waals surface area (Å²) in [7, 11) is 0. The standard InChI is InChI=1S/C19H21F3N2O3/c20-19(21,22)27-11-13-1-2-16-14(9-13)15(17(25)26)10-24(16)12-18-3-6-23(7-4-18)8-5-18/h1-2,9-10H,3-8,11-12H2,(H,25,26). The molecule has 3 fully saturated rings. The molecule has 1 aromatic heterocycles. The van der Waals surface area contributed by atoms with Gasteiger partial charge in [0.2, 0.25) is 0 Å². The minimum atomic E-state index is -4.72. The van der Waals surface area contributed by atoms with E-state index < -0.39 is 18.9 Å². The minimum absolute atomic E-state index is 0.114. The molecule has 0 atom stereocenters. The van der Waals surface area contributed by atoms with Crippen LogP contribution in [0.5, 0.6) is 0 Å². The summed E-state index contributed by atoms with van der Waals surface area (Å²) in [5, 5.41) is 10.0. The lowest BCUT2D eigenvalue weighted by atomic mass is 9.72. The Hall–Kier alpha value is -2.06. The molecule has 3 saturated heterocycles. The molecule has 2 aromatic rings. The van der Waals surface area contributed by atoms with Crippen molar-refractivity contribution in [1.29, 1.82) is 0 Å². The number of alkyl halides is 3. The number of fused-ring (bicyclic) bond motifs is 4. The molecule has 3 aliphatic heterocycles. The van der Waals surface area contributed by atoms with Crippen molar-refractivity contribution in [2.24, 2.45) is 5.41 Å². The van der Waals surface area contributed by atoms with Gasteiger partial charge in [0, 0.05) is 23.6 Å². The van der Waals surface area contributed by atoms with E-state index in [-0.39, 0.29) is 11.0 Å². The van der Waals surface area contributed by atoms with Gasteiger partial charge in [0.15, 0.2) is 0 Å². The van der Waals surface area contributed by atoms with Crippen LogP contribution in [0, 0.1) is 5.41 Å². The van der Waals surface area contributed by atoms with Crippen molar-refractivity contribution >= 4 is 16.9 Å². The van der Waals surface area contributed by atoms with Crippen LogP contribution in [0.3, 0.4) is 0 Å². The molecule has 0 unspecified atom stereocenters. The van der Waals surface area contributed by atoms with Gasteiger partial charge < -0.3 is 14.6 Å². The normalized spacial score (nSPS) is 25.2. The zero-order valence-corrected chi connectivity index (χ0v) is 14.8. The summed E-state index contributed by atoms with van der Waals surface area (Å²) >= 11 is 0. The fourth-order valence-corrected chi connectivity index (χ4v) is 4.40. The topological polar surface area (TPSA) is 54.7 Å². The van der Waals surface area contributed by atoms with Gasteiger partial charge in [0.25, 0.3) is 0 Å². The van der Waals surface area contributed by atoms with Crippen LogP contribution in [0.1, 0.15) is 35.2 Å². The van der Waals surface area contributed by atoms with E-state index >= 15 is 0 Å². The SMILES string of the molecule is O=C(O)c1cn(CC23CCN(CC2)CC3)c2ccc(COC(F)(F)F)cc12. The minimum Gasteiger partial charge on any atom is -0.478 e. The van der Waals surface area contributed by atoms with Gasteiger partial charge in [0.1, 0.15) is 0 Å². The molecule has 0 spiro atoms. The lowest BCUT2D eigenvalue weighted by Crippen LogP contribution is -2.49. The predicted octanol–water partition coefficient (Wildman–Crippen LogP) is 3.86. The van der Waals surface area contributed by atoms with Gasteiger partial charge in [0.05, 0.1) is 12.2 Å². The van der Waals surface area contributed by atoms with Crippen molar-refractivity contribution in [2.75, 3.05) is 19.6 Å². The lowest BCUT2D eigenvalue weighted by Gasteiger charge is -2.48. The number of aromatic carboxylic acids is 1. The summed E-state index contributed by atoms with van der Waals surface area (Å²) in [5.74, 6) is -1.08. The first-order chi connectivity index (χ1) is 12.7. The van der Waals surface area contributed by atoms with Gasteiger partial charge in [-0.2, -0.15) is 0 Å². The van der Waals surface area contributed by atoms with E-state index in [1.807, 2.05) is 4.57 Å². The summed E-state index contributed by atoms with van der Waals surface area (Å²) in [6.07, 6.45) is 0.175. The third-order valence-electron chi connectivity index (χ3n) is 5.96. The van der Waals surface area contributed by atoms with Gasteiger partial charge in [-0.05, 0) is 62.0 Å². The van der Waals surface area contributed by atoms with Crippen LogP contribution in [0.25, 0.3) is 10.9 Å². The summed E-state index contributed by atoms with van der Waals surface area (Å²) in [5.41, 5.74) is 1.33. The van der Waals surface area contributed by atoms with E-state index in [0.717, 1.165) is 51.0 Å². The van der Waals surface area contributed by atoms with Crippen molar-refractivity contribution < 1.29 is 27.8 Å². The highest BCUT2D eigenvalue weighted by Gasteiger charge is 2.39. The molecule has 27 heavy (non-hydrogen) atoms. The number of carboxylic acids is 1. The fourth-order valence-electron chi connectivity index (χ4n) is 4.40. The van der Waals surface area contributed by atoms with Crippen molar-refractivity contribution in [1.82, 2.24) is 9.47 Å². The molecule has 0 radical (unpaired) electrons. The monoisotopic (exact) mass is 382 g/mol. The molecule has 0 saturated carbocycles. The largest absolute Gasteiger partial charge is 0.522 e. The highest BCUT2D eigenvalue weighted by Crippen LogP contribution is 2.42. The van der Waals surface area contributed by atoms with Gasteiger partial charge in [-0.1, -0.05) is 6.07 Å². The Morgan fingerprint density at radius 2 is 1.85 bits per heavy atom. The maximum Gasteiger partial charge on any atom is 0.522 e. The lowest BCUT2D eigenvalue weighted by molar-refractivity contribution is -0.330. The third-order valence-corrected chi connectivity index (χ3v) is 5.96. The highest BCUT2D eigenvalue weighted by atomic mass is 19.4. The molecule has 146 valence electrons. The number of piperidine rings is 3.